The molecule has 0 aliphatic carbocycles. The molecule has 3 rings (SSSR count). The predicted molar refractivity (Wildman–Crippen MR) is 105 cm³/mol. The number of nitrogens with one attached hydrogen (secondary N) is 2. The number of fused-ring (bicyclic) bond motifs is 1. The molecule has 1 aliphatic rings. The van der Waals surface area contributed by atoms with E-state index in [2.05, 4.69) is 36.4 Å². The molecular weight excluding hydrogens is 340 g/mol. The largest absolute Gasteiger partial charge is 0.352 e. The Morgan fingerprint density at radius 1 is 1.11 bits per heavy atom. The van der Waals surface area contributed by atoms with Crippen molar-refractivity contribution in [1.29, 1.82) is 0 Å². The molecule has 2 heterocycles. The lowest BCUT2D eigenvalue weighted by molar-refractivity contribution is 0.0949. The first-order valence-electron chi connectivity index (χ1n) is 9.19. The van der Waals surface area contributed by atoms with Crippen LogP contribution in [-0.4, -0.2) is 28.4 Å². The fraction of sp³-hybridized carbons (Fsp3) is 0.381. The number of rotatable bonds is 4. The van der Waals surface area contributed by atoms with E-state index in [0.717, 1.165) is 17.7 Å². The van der Waals surface area contributed by atoms with Crippen LogP contribution in [0.1, 0.15) is 48.8 Å². The van der Waals surface area contributed by atoms with Crippen molar-refractivity contribution in [2.45, 2.75) is 40.3 Å². The Kier molecular flexibility index (Phi) is 5.44. The number of carbonyl (C=O) groups excluding carboxylic acids is 2. The smallest absolute Gasteiger partial charge is 0.322 e. The van der Waals surface area contributed by atoms with Crippen molar-refractivity contribution >= 4 is 17.6 Å². The van der Waals surface area contributed by atoms with Crippen LogP contribution in [0.15, 0.2) is 42.6 Å². The highest BCUT2D eigenvalue weighted by molar-refractivity contribution is 5.95. The SMILES string of the molecule is CC(C)(C)CCNC(=O)c1ccc(NC(=O)N2Cc3cccnc3C2)cc1. The average Bonchev–Trinajstić information content (AvgIpc) is 3.05. The summed E-state index contributed by atoms with van der Waals surface area (Å²) in [6.07, 6.45) is 2.66. The first-order valence-corrected chi connectivity index (χ1v) is 9.19. The zero-order chi connectivity index (χ0) is 19.4. The molecule has 1 aromatic heterocycles. The second-order valence-corrected chi connectivity index (χ2v) is 8.04. The molecule has 3 amide bonds. The van der Waals surface area contributed by atoms with Crippen molar-refractivity contribution in [1.82, 2.24) is 15.2 Å². The van der Waals surface area contributed by atoms with E-state index in [0.29, 0.717) is 30.9 Å². The predicted octanol–water partition coefficient (Wildman–Crippen LogP) is 3.80. The number of anilines is 1. The van der Waals surface area contributed by atoms with E-state index in [9.17, 15) is 9.59 Å². The molecule has 27 heavy (non-hydrogen) atoms. The van der Waals surface area contributed by atoms with Gasteiger partial charge in [0.1, 0.15) is 0 Å². The fourth-order valence-electron chi connectivity index (χ4n) is 2.90. The standard InChI is InChI=1S/C21H26N4O2/c1-21(2,3)10-12-23-19(26)15-6-8-17(9-7-15)24-20(27)25-13-16-5-4-11-22-18(16)14-25/h4-9,11H,10,12-14H2,1-3H3,(H,23,26)(H,24,27). The minimum absolute atomic E-state index is 0.0989. The quantitative estimate of drug-likeness (QED) is 0.864. The Hall–Kier alpha value is -2.89. The second-order valence-electron chi connectivity index (χ2n) is 8.04. The number of benzene rings is 1. The summed E-state index contributed by atoms with van der Waals surface area (Å²) in [5.41, 5.74) is 3.45. The summed E-state index contributed by atoms with van der Waals surface area (Å²) in [5.74, 6) is -0.0989. The maximum Gasteiger partial charge on any atom is 0.322 e. The molecule has 1 aromatic carbocycles. The Labute approximate surface area is 160 Å². The third kappa shape index (κ3) is 5.06. The summed E-state index contributed by atoms with van der Waals surface area (Å²) in [6.45, 7) is 8.15. The summed E-state index contributed by atoms with van der Waals surface area (Å²) in [7, 11) is 0. The zero-order valence-corrected chi connectivity index (χ0v) is 16.1. The van der Waals surface area contributed by atoms with Gasteiger partial charge in [-0.25, -0.2) is 4.79 Å². The van der Waals surface area contributed by atoms with Gasteiger partial charge in [-0.15, -0.1) is 0 Å². The Morgan fingerprint density at radius 3 is 2.52 bits per heavy atom. The van der Waals surface area contributed by atoms with Crippen LogP contribution >= 0.6 is 0 Å². The summed E-state index contributed by atoms with van der Waals surface area (Å²) in [4.78, 5) is 30.6. The Balaban J connectivity index is 1.52. The van der Waals surface area contributed by atoms with Gasteiger partial charge in [-0.1, -0.05) is 26.8 Å². The fourth-order valence-corrected chi connectivity index (χ4v) is 2.90. The van der Waals surface area contributed by atoms with Crippen LogP contribution in [0.2, 0.25) is 0 Å². The second kappa shape index (κ2) is 7.78. The van der Waals surface area contributed by atoms with Crippen LogP contribution in [0.5, 0.6) is 0 Å². The monoisotopic (exact) mass is 366 g/mol. The first-order chi connectivity index (χ1) is 12.8. The van der Waals surface area contributed by atoms with Crippen molar-refractivity contribution in [2.24, 2.45) is 5.41 Å². The van der Waals surface area contributed by atoms with Crippen molar-refractivity contribution in [3.63, 3.8) is 0 Å². The maximum atomic E-state index is 12.4. The Bertz CT molecular complexity index is 800. The highest BCUT2D eigenvalue weighted by atomic mass is 16.2. The number of hydrogen-bond acceptors (Lipinski definition) is 3. The molecule has 0 fully saturated rings. The summed E-state index contributed by atoms with van der Waals surface area (Å²) in [5, 5.41) is 5.80. The lowest BCUT2D eigenvalue weighted by atomic mass is 9.92. The van der Waals surface area contributed by atoms with Gasteiger partial charge < -0.3 is 15.5 Å². The van der Waals surface area contributed by atoms with Gasteiger partial charge in [0, 0.05) is 30.5 Å². The number of pyridine rings is 1. The minimum atomic E-state index is -0.171. The third-order valence-electron chi connectivity index (χ3n) is 4.53. The van der Waals surface area contributed by atoms with Crippen LogP contribution in [0.25, 0.3) is 0 Å². The van der Waals surface area contributed by atoms with Crippen LogP contribution < -0.4 is 10.6 Å². The van der Waals surface area contributed by atoms with Gasteiger partial charge in [0.2, 0.25) is 0 Å². The molecule has 0 atom stereocenters. The number of aromatic nitrogens is 1. The summed E-state index contributed by atoms with van der Waals surface area (Å²) >= 11 is 0. The highest BCUT2D eigenvalue weighted by Gasteiger charge is 2.24. The van der Waals surface area contributed by atoms with Crippen molar-refractivity contribution in [3.05, 3.63) is 59.4 Å². The van der Waals surface area contributed by atoms with Gasteiger partial charge >= 0.3 is 6.03 Å². The topological polar surface area (TPSA) is 74.3 Å². The molecule has 2 N–H and O–H groups in total. The molecule has 142 valence electrons. The number of nitrogens with zero attached hydrogens (tertiary/aromatic N) is 2. The van der Waals surface area contributed by atoms with Crippen LogP contribution in [0.4, 0.5) is 10.5 Å². The highest BCUT2D eigenvalue weighted by Crippen LogP contribution is 2.21. The van der Waals surface area contributed by atoms with E-state index in [4.69, 9.17) is 0 Å². The number of hydrogen-bond donors (Lipinski definition) is 2. The van der Waals surface area contributed by atoms with Gasteiger partial charge in [0.05, 0.1) is 12.2 Å². The summed E-state index contributed by atoms with van der Waals surface area (Å²) < 4.78 is 0. The molecule has 0 radical (unpaired) electrons. The third-order valence-corrected chi connectivity index (χ3v) is 4.53. The van der Waals surface area contributed by atoms with E-state index >= 15 is 0 Å². The molecule has 0 saturated carbocycles. The molecule has 6 heteroatoms. The van der Waals surface area contributed by atoms with Gasteiger partial charge in [-0.2, -0.15) is 0 Å². The minimum Gasteiger partial charge on any atom is -0.352 e. The van der Waals surface area contributed by atoms with Gasteiger partial charge in [-0.05, 0) is 47.7 Å². The van der Waals surface area contributed by atoms with Gasteiger partial charge in [0.25, 0.3) is 5.91 Å². The molecule has 0 saturated heterocycles. The molecular formula is C21H26N4O2. The average molecular weight is 366 g/mol. The van der Waals surface area contributed by atoms with E-state index in [1.165, 1.54) is 0 Å². The summed E-state index contributed by atoms with van der Waals surface area (Å²) in [6, 6.07) is 10.6. The zero-order valence-electron chi connectivity index (χ0n) is 16.1. The molecule has 1 aliphatic heterocycles. The molecule has 2 aromatic rings. The van der Waals surface area contributed by atoms with Crippen LogP contribution in [-0.2, 0) is 13.1 Å². The number of amides is 3. The maximum absolute atomic E-state index is 12.4. The number of urea groups is 1. The lowest BCUT2D eigenvalue weighted by Crippen LogP contribution is -2.30. The van der Waals surface area contributed by atoms with E-state index < -0.39 is 0 Å². The van der Waals surface area contributed by atoms with Gasteiger partial charge in [0.15, 0.2) is 0 Å². The normalized spacial score (nSPS) is 13.2. The van der Waals surface area contributed by atoms with Crippen molar-refractivity contribution in [3.8, 4) is 0 Å². The first kappa shape index (κ1) is 18.9. The van der Waals surface area contributed by atoms with E-state index in [-0.39, 0.29) is 17.4 Å². The lowest BCUT2D eigenvalue weighted by Gasteiger charge is -2.18. The molecule has 6 nitrogen and oxygen atoms in total. The number of carbonyl (C=O) groups is 2. The van der Waals surface area contributed by atoms with Crippen molar-refractivity contribution < 1.29 is 9.59 Å². The van der Waals surface area contributed by atoms with Crippen molar-refractivity contribution in [2.75, 3.05) is 11.9 Å². The van der Waals surface area contributed by atoms with Crippen LogP contribution in [0, 0.1) is 5.41 Å². The Morgan fingerprint density at radius 2 is 1.85 bits per heavy atom. The van der Waals surface area contributed by atoms with E-state index in [1.54, 1.807) is 35.4 Å². The van der Waals surface area contributed by atoms with Gasteiger partial charge in [-0.3, -0.25) is 9.78 Å². The van der Waals surface area contributed by atoms with E-state index in [1.807, 2.05) is 12.1 Å². The molecule has 0 bridgehead atoms. The molecule has 0 unspecified atom stereocenters. The van der Waals surface area contributed by atoms with Crippen LogP contribution in [0.3, 0.4) is 0 Å². The molecule has 0 spiro atoms.